The third kappa shape index (κ3) is 4.39. The number of piperazine rings is 1. The van der Waals surface area contributed by atoms with Crippen molar-refractivity contribution in [2.24, 2.45) is 0 Å². The zero-order valence-electron chi connectivity index (χ0n) is 16.5. The van der Waals surface area contributed by atoms with E-state index >= 15 is 0 Å². The van der Waals surface area contributed by atoms with Gasteiger partial charge in [0.05, 0.1) is 17.7 Å². The Morgan fingerprint density at radius 1 is 1.07 bits per heavy atom. The van der Waals surface area contributed by atoms with Crippen molar-refractivity contribution < 1.29 is 13.2 Å². The molecule has 1 aromatic heterocycles. The monoisotopic (exact) mass is 507 g/mol. The molecule has 9 heteroatoms. The molecule has 2 aromatic carbocycles. The quantitative estimate of drug-likeness (QED) is 0.504. The van der Waals surface area contributed by atoms with Crippen LogP contribution in [0.25, 0.3) is 0 Å². The Morgan fingerprint density at radius 3 is 2.50 bits per heavy atom. The minimum atomic E-state index is -3.51. The van der Waals surface area contributed by atoms with Gasteiger partial charge in [-0.15, -0.1) is 11.3 Å². The maximum absolute atomic E-state index is 13.0. The summed E-state index contributed by atoms with van der Waals surface area (Å²) in [6, 6.07) is 14.9. The third-order valence-corrected chi connectivity index (χ3v) is 8.93. The molecule has 0 bridgehead atoms. The minimum Gasteiger partial charge on any atom is -0.496 e. The first-order chi connectivity index (χ1) is 14.5. The number of thiazole rings is 1. The predicted octanol–water partition coefficient (Wildman–Crippen LogP) is 4.02. The van der Waals surface area contributed by atoms with Crippen LogP contribution in [0.5, 0.6) is 5.75 Å². The molecule has 1 saturated heterocycles. The van der Waals surface area contributed by atoms with E-state index in [-0.39, 0.29) is 0 Å². The average molecular weight is 508 g/mol. The molecule has 0 aliphatic carbocycles. The molecule has 6 nitrogen and oxygen atoms in total. The summed E-state index contributed by atoms with van der Waals surface area (Å²) in [5.74, 6) is 0.859. The summed E-state index contributed by atoms with van der Waals surface area (Å²) in [7, 11) is -1.84. The number of hydrogen-bond acceptors (Lipinski definition) is 6. The smallest absolute Gasteiger partial charge is 0.244 e. The second-order valence-corrected chi connectivity index (χ2v) is 10.5. The number of para-hydroxylation sites is 1. The van der Waals surface area contributed by atoms with Gasteiger partial charge in [-0.05, 0) is 34.1 Å². The van der Waals surface area contributed by atoms with E-state index in [2.05, 4.69) is 26.2 Å². The van der Waals surface area contributed by atoms with E-state index in [1.165, 1.54) is 0 Å². The average Bonchev–Trinajstić information content (AvgIpc) is 3.23. The van der Waals surface area contributed by atoms with Gasteiger partial charge < -0.3 is 9.64 Å². The molecule has 0 amide bonds. The first-order valence-corrected chi connectivity index (χ1v) is 12.7. The molecule has 1 aliphatic rings. The van der Waals surface area contributed by atoms with Crippen molar-refractivity contribution in [2.75, 3.05) is 38.2 Å². The standard InChI is InChI=1S/C21H22BrN3O3S2/c1-28-19-8-4-2-6-16(19)14-17-15-29-21(23-17)24-10-12-25(13-11-24)30(26,27)20-9-5-3-7-18(20)22/h2-9,15H,10-14H2,1H3. The Kier molecular flexibility index (Phi) is 6.43. The number of benzene rings is 2. The van der Waals surface area contributed by atoms with Crippen molar-refractivity contribution in [3.05, 3.63) is 69.6 Å². The van der Waals surface area contributed by atoms with E-state index in [4.69, 9.17) is 9.72 Å². The van der Waals surface area contributed by atoms with E-state index in [1.807, 2.05) is 30.3 Å². The van der Waals surface area contributed by atoms with E-state index in [0.29, 0.717) is 42.0 Å². The number of anilines is 1. The maximum atomic E-state index is 13.0. The van der Waals surface area contributed by atoms with Gasteiger partial charge in [-0.2, -0.15) is 4.31 Å². The van der Waals surface area contributed by atoms with Crippen LogP contribution in [0.1, 0.15) is 11.3 Å². The molecule has 2 heterocycles. The first-order valence-electron chi connectivity index (χ1n) is 9.55. The molecule has 1 fully saturated rings. The van der Waals surface area contributed by atoms with Gasteiger partial charge in [0.25, 0.3) is 0 Å². The molecule has 1 aliphatic heterocycles. The van der Waals surface area contributed by atoms with Gasteiger partial charge in [-0.1, -0.05) is 30.3 Å². The molecule has 3 aromatic rings. The lowest BCUT2D eigenvalue weighted by Crippen LogP contribution is -2.48. The van der Waals surface area contributed by atoms with Crippen molar-refractivity contribution in [3.63, 3.8) is 0 Å². The van der Waals surface area contributed by atoms with Gasteiger partial charge in [-0.25, -0.2) is 13.4 Å². The van der Waals surface area contributed by atoms with Crippen LogP contribution in [0, 0.1) is 0 Å². The highest BCUT2D eigenvalue weighted by molar-refractivity contribution is 9.10. The topological polar surface area (TPSA) is 62.7 Å². The van der Waals surface area contributed by atoms with Crippen molar-refractivity contribution in [2.45, 2.75) is 11.3 Å². The second-order valence-electron chi connectivity index (χ2n) is 6.93. The van der Waals surface area contributed by atoms with Crippen molar-refractivity contribution in [3.8, 4) is 5.75 Å². The summed E-state index contributed by atoms with van der Waals surface area (Å²) in [6.45, 7) is 2.10. The normalized spacial score (nSPS) is 15.3. The van der Waals surface area contributed by atoms with Gasteiger partial charge in [0.1, 0.15) is 5.75 Å². The Labute approximate surface area is 189 Å². The lowest BCUT2D eigenvalue weighted by atomic mass is 10.1. The SMILES string of the molecule is COc1ccccc1Cc1csc(N2CCN(S(=O)(=O)c3ccccc3Br)CC2)n1. The summed E-state index contributed by atoms with van der Waals surface area (Å²) >= 11 is 4.95. The molecular weight excluding hydrogens is 486 g/mol. The molecule has 0 spiro atoms. The number of nitrogens with zero attached hydrogens (tertiary/aromatic N) is 3. The Hall–Kier alpha value is -1.94. The Balaban J connectivity index is 1.42. The van der Waals surface area contributed by atoms with Crippen molar-refractivity contribution >= 4 is 42.4 Å². The second kappa shape index (κ2) is 9.05. The molecule has 0 saturated carbocycles. The maximum Gasteiger partial charge on any atom is 0.244 e. The molecular formula is C21H22BrN3O3S2. The zero-order chi connectivity index (χ0) is 21.1. The van der Waals surface area contributed by atoms with E-state index in [1.54, 1.807) is 41.0 Å². The molecule has 0 radical (unpaired) electrons. The number of ether oxygens (including phenoxy) is 1. The lowest BCUT2D eigenvalue weighted by molar-refractivity contribution is 0.384. The fourth-order valence-corrected chi connectivity index (χ4v) is 6.74. The molecule has 0 unspecified atom stereocenters. The zero-order valence-corrected chi connectivity index (χ0v) is 19.7. The van der Waals surface area contributed by atoms with Crippen LogP contribution in [0.4, 0.5) is 5.13 Å². The Bertz CT molecular complexity index is 1130. The first kappa shape index (κ1) is 21.3. The number of hydrogen-bond donors (Lipinski definition) is 0. The summed E-state index contributed by atoms with van der Waals surface area (Å²) in [6.07, 6.45) is 0.705. The molecule has 30 heavy (non-hydrogen) atoms. The highest BCUT2D eigenvalue weighted by atomic mass is 79.9. The van der Waals surface area contributed by atoms with E-state index in [0.717, 1.165) is 22.1 Å². The number of sulfonamides is 1. The molecule has 0 atom stereocenters. The van der Waals surface area contributed by atoms with Crippen LogP contribution >= 0.6 is 27.3 Å². The summed E-state index contributed by atoms with van der Waals surface area (Å²) in [5.41, 5.74) is 2.09. The van der Waals surface area contributed by atoms with Crippen LogP contribution in [-0.2, 0) is 16.4 Å². The van der Waals surface area contributed by atoms with Gasteiger partial charge >= 0.3 is 0 Å². The van der Waals surface area contributed by atoms with Gasteiger partial charge in [0.15, 0.2) is 5.13 Å². The predicted molar refractivity (Wildman–Crippen MR) is 123 cm³/mol. The molecule has 158 valence electrons. The molecule has 0 N–H and O–H groups in total. The van der Waals surface area contributed by atoms with E-state index < -0.39 is 10.0 Å². The summed E-state index contributed by atoms with van der Waals surface area (Å²) in [5, 5.41) is 2.99. The van der Waals surface area contributed by atoms with Crippen molar-refractivity contribution in [1.82, 2.24) is 9.29 Å². The lowest BCUT2D eigenvalue weighted by Gasteiger charge is -2.34. The van der Waals surface area contributed by atoms with Crippen LogP contribution in [0.2, 0.25) is 0 Å². The number of methoxy groups -OCH3 is 1. The fraction of sp³-hybridized carbons (Fsp3) is 0.286. The largest absolute Gasteiger partial charge is 0.496 e. The van der Waals surface area contributed by atoms with Crippen LogP contribution < -0.4 is 9.64 Å². The Morgan fingerprint density at radius 2 is 1.77 bits per heavy atom. The number of halogens is 1. The summed E-state index contributed by atoms with van der Waals surface area (Å²) in [4.78, 5) is 7.24. The van der Waals surface area contributed by atoms with Gasteiger partial charge in [-0.3, -0.25) is 0 Å². The van der Waals surface area contributed by atoms with Crippen LogP contribution in [0.15, 0.2) is 63.3 Å². The number of aromatic nitrogens is 1. The summed E-state index contributed by atoms with van der Waals surface area (Å²) < 4.78 is 33.5. The third-order valence-electron chi connectivity index (χ3n) is 5.07. The van der Waals surface area contributed by atoms with Gasteiger partial charge in [0.2, 0.25) is 10.0 Å². The van der Waals surface area contributed by atoms with Gasteiger partial charge in [0, 0.05) is 48.0 Å². The minimum absolute atomic E-state index is 0.312. The molecule has 4 rings (SSSR count). The highest BCUT2D eigenvalue weighted by Crippen LogP contribution is 2.29. The van der Waals surface area contributed by atoms with Crippen molar-refractivity contribution in [1.29, 1.82) is 0 Å². The highest BCUT2D eigenvalue weighted by Gasteiger charge is 2.30. The van der Waals surface area contributed by atoms with E-state index in [9.17, 15) is 8.42 Å². The number of rotatable bonds is 6. The van der Waals surface area contributed by atoms with Crippen LogP contribution in [-0.4, -0.2) is 51.0 Å². The van der Waals surface area contributed by atoms with Crippen LogP contribution in [0.3, 0.4) is 0 Å². The fourth-order valence-electron chi connectivity index (χ4n) is 3.48.